The van der Waals surface area contributed by atoms with Gasteiger partial charge in [-0.25, -0.2) is 15.0 Å². The van der Waals surface area contributed by atoms with E-state index in [1.165, 1.54) is 0 Å². The number of methoxy groups -OCH3 is 1. The van der Waals surface area contributed by atoms with E-state index in [2.05, 4.69) is 19.9 Å². The second-order valence-electron chi connectivity index (χ2n) is 6.51. The Morgan fingerprint density at radius 3 is 2.55 bits per heavy atom. The van der Waals surface area contributed by atoms with Gasteiger partial charge in [0.25, 0.3) is 5.91 Å². The maximum absolute atomic E-state index is 12.5. The van der Waals surface area contributed by atoms with Crippen molar-refractivity contribution in [1.82, 2.24) is 24.4 Å². The summed E-state index contributed by atoms with van der Waals surface area (Å²) < 4.78 is 12.7. The largest absolute Gasteiger partial charge is 0.493 e. The number of ether oxygens (including phenoxy) is 2. The number of para-hydroxylation sites is 2. The lowest BCUT2D eigenvalue weighted by Gasteiger charge is -2.35. The van der Waals surface area contributed by atoms with E-state index >= 15 is 0 Å². The van der Waals surface area contributed by atoms with Crippen molar-refractivity contribution in [1.29, 1.82) is 0 Å². The fraction of sp³-hybridized carbons (Fsp3) is 0.300. The minimum Gasteiger partial charge on any atom is -0.493 e. The van der Waals surface area contributed by atoms with Crippen LogP contribution in [0.4, 0.5) is 5.82 Å². The van der Waals surface area contributed by atoms with Gasteiger partial charge >= 0.3 is 0 Å². The molecule has 0 unspecified atom stereocenters. The number of aromatic nitrogens is 4. The molecule has 1 aliphatic rings. The zero-order chi connectivity index (χ0) is 20.1. The minimum atomic E-state index is -0.0441. The average molecular weight is 394 g/mol. The number of piperazine rings is 1. The molecular formula is C20H22N6O3. The van der Waals surface area contributed by atoms with Gasteiger partial charge in [0.1, 0.15) is 24.3 Å². The summed E-state index contributed by atoms with van der Waals surface area (Å²) in [7, 11) is 1.58. The Balaban J connectivity index is 1.32. The molecule has 0 radical (unpaired) electrons. The van der Waals surface area contributed by atoms with Crippen molar-refractivity contribution in [2.24, 2.45) is 0 Å². The molecule has 0 bridgehead atoms. The van der Waals surface area contributed by atoms with Gasteiger partial charge in [0.2, 0.25) is 0 Å². The molecule has 9 nitrogen and oxygen atoms in total. The van der Waals surface area contributed by atoms with E-state index in [-0.39, 0.29) is 12.5 Å². The van der Waals surface area contributed by atoms with Crippen LogP contribution in [0.5, 0.6) is 11.5 Å². The first-order valence-corrected chi connectivity index (χ1v) is 9.33. The lowest BCUT2D eigenvalue weighted by molar-refractivity contribution is -0.133. The third-order valence-electron chi connectivity index (χ3n) is 4.78. The van der Waals surface area contributed by atoms with Gasteiger partial charge in [-0.1, -0.05) is 12.1 Å². The predicted octanol–water partition coefficient (Wildman–Crippen LogP) is 1.40. The van der Waals surface area contributed by atoms with Crippen molar-refractivity contribution in [2.75, 3.05) is 44.8 Å². The summed E-state index contributed by atoms with van der Waals surface area (Å²) in [5.41, 5.74) is 0. The maximum Gasteiger partial charge on any atom is 0.260 e. The normalized spacial score (nSPS) is 14.0. The number of hydrogen-bond donors (Lipinski definition) is 0. The molecule has 4 rings (SSSR count). The molecule has 9 heteroatoms. The van der Waals surface area contributed by atoms with Crippen LogP contribution < -0.4 is 14.4 Å². The lowest BCUT2D eigenvalue weighted by Crippen LogP contribution is -2.50. The SMILES string of the molecule is COc1ccccc1OCC(=O)N1CCN(c2cc(-n3ccnc3)ncn2)CC1. The average Bonchev–Trinajstić information content (AvgIpc) is 3.33. The van der Waals surface area contributed by atoms with E-state index in [1.807, 2.05) is 33.9 Å². The van der Waals surface area contributed by atoms with Crippen molar-refractivity contribution in [3.05, 3.63) is 55.4 Å². The summed E-state index contributed by atoms with van der Waals surface area (Å²) in [6.45, 7) is 2.59. The number of amides is 1. The van der Waals surface area contributed by atoms with Gasteiger partial charge in [-0.05, 0) is 12.1 Å². The summed E-state index contributed by atoms with van der Waals surface area (Å²) in [6, 6.07) is 9.22. The molecule has 3 heterocycles. The first-order valence-electron chi connectivity index (χ1n) is 9.33. The smallest absolute Gasteiger partial charge is 0.260 e. The quantitative estimate of drug-likeness (QED) is 0.625. The van der Waals surface area contributed by atoms with Crippen LogP contribution in [0, 0.1) is 0 Å². The van der Waals surface area contributed by atoms with Crippen LogP contribution in [0.15, 0.2) is 55.4 Å². The lowest BCUT2D eigenvalue weighted by atomic mass is 10.3. The van der Waals surface area contributed by atoms with Crippen molar-refractivity contribution in [3.63, 3.8) is 0 Å². The second kappa shape index (κ2) is 8.59. The van der Waals surface area contributed by atoms with Gasteiger partial charge in [0.15, 0.2) is 18.1 Å². The Kier molecular flexibility index (Phi) is 5.55. The Labute approximate surface area is 168 Å². The Bertz CT molecular complexity index is 954. The zero-order valence-corrected chi connectivity index (χ0v) is 16.1. The molecule has 0 atom stereocenters. The second-order valence-corrected chi connectivity index (χ2v) is 6.51. The molecule has 1 aromatic carbocycles. The molecule has 0 spiro atoms. The van der Waals surface area contributed by atoms with Crippen molar-refractivity contribution >= 4 is 11.7 Å². The summed E-state index contributed by atoms with van der Waals surface area (Å²) in [5, 5.41) is 0. The summed E-state index contributed by atoms with van der Waals surface area (Å²) >= 11 is 0. The van der Waals surface area contributed by atoms with Crippen molar-refractivity contribution in [2.45, 2.75) is 0 Å². The fourth-order valence-corrected chi connectivity index (χ4v) is 3.20. The Hall–Kier alpha value is -3.62. The van der Waals surface area contributed by atoms with Crippen LogP contribution in [-0.2, 0) is 4.79 Å². The standard InChI is InChI=1S/C20H22N6O3/c1-28-16-4-2-3-5-17(16)29-13-20(27)25-10-8-24(9-11-25)18-12-19(23-14-22-18)26-7-6-21-15-26/h2-7,12,14-15H,8-11,13H2,1H3. The molecular weight excluding hydrogens is 372 g/mol. The third kappa shape index (κ3) is 4.29. The molecule has 29 heavy (non-hydrogen) atoms. The van der Waals surface area contributed by atoms with E-state index in [0.717, 1.165) is 11.6 Å². The van der Waals surface area contributed by atoms with Crippen LogP contribution in [0.3, 0.4) is 0 Å². The number of rotatable bonds is 6. The first-order chi connectivity index (χ1) is 14.2. The summed E-state index contributed by atoms with van der Waals surface area (Å²) in [6.07, 6.45) is 6.79. The molecule has 0 saturated carbocycles. The zero-order valence-electron chi connectivity index (χ0n) is 16.1. The molecule has 1 aliphatic heterocycles. The highest BCUT2D eigenvalue weighted by molar-refractivity contribution is 5.78. The minimum absolute atomic E-state index is 0.0152. The maximum atomic E-state index is 12.5. The van der Waals surface area contributed by atoms with E-state index in [1.54, 1.807) is 38.1 Å². The molecule has 1 amide bonds. The number of imidazole rings is 1. The molecule has 0 N–H and O–H groups in total. The third-order valence-corrected chi connectivity index (χ3v) is 4.78. The summed E-state index contributed by atoms with van der Waals surface area (Å²) in [5.74, 6) is 2.73. The van der Waals surface area contributed by atoms with Crippen LogP contribution in [0.25, 0.3) is 5.82 Å². The number of nitrogens with zero attached hydrogens (tertiary/aromatic N) is 6. The molecule has 2 aromatic heterocycles. The van der Waals surface area contributed by atoms with Crippen molar-refractivity contribution in [3.8, 4) is 17.3 Å². The van der Waals surface area contributed by atoms with Gasteiger partial charge in [0.05, 0.1) is 7.11 Å². The van der Waals surface area contributed by atoms with E-state index < -0.39 is 0 Å². The molecule has 1 fully saturated rings. The van der Waals surface area contributed by atoms with Gasteiger partial charge in [-0.15, -0.1) is 0 Å². The number of hydrogen-bond acceptors (Lipinski definition) is 7. The van der Waals surface area contributed by atoms with Gasteiger partial charge in [-0.2, -0.15) is 0 Å². The van der Waals surface area contributed by atoms with E-state index in [0.29, 0.717) is 37.7 Å². The number of carbonyl (C=O) groups is 1. The molecule has 0 aliphatic carbocycles. The van der Waals surface area contributed by atoms with Gasteiger partial charge in [0, 0.05) is 44.6 Å². The predicted molar refractivity (Wildman–Crippen MR) is 106 cm³/mol. The highest BCUT2D eigenvalue weighted by atomic mass is 16.5. The van der Waals surface area contributed by atoms with Crippen LogP contribution in [-0.4, -0.2) is 70.2 Å². The number of anilines is 1. The molecule has 1 saturated heterocycles. The van der Waals surface area contributed by atoms with Gasteiger partial charge in [-0.3, -0.25) is 9.36 Å². The van der Waals surface area contributed by atoms with Crippen LogP contribution in [0.1, 0.15) is 0 Å². The summed E-state index contributed by atoms with van der Waals surface area (Å²) in [4.78, 5) is 29.2. The van der Waals surface area contributed by atoms with Crippen molar-refractivity contribution < 1.29 is 14.3 Å². The molecule has 3 aromatic rings. The highest BCUT2D eigenvalue weighted by Crippen LogP contribution is 2.25. The monoisotopic (exact) mass is 394 g/mol. The van der Waals surface area contributed by atoms with Crippen LogP contribution >= 0.6 is 0 Å². The Morgan fingerprint density at radius 2 is 1.83 bits per heavy atom. The van der Waals surface area contributed by atoms with E-state index in [9.17, 15) is 4.79 Å². The molecule has 150 valence electrons. The first kappa shape index (κ1) is 18.7. The Morgan fingerprint density at radius 1 is 1.07 bits per heavy atom. The van der Waals surface area contributed by atoms with E-state index in [4.69, 9.17) is 9.47 Å². The number of benzene rings is 1. The van der Waals surface area contributed by atoms with Crippen LogP contribution in [0.2, 0.25) is 0 Å². The highest BCUT2D eigenvalue weighted by Gasteiger charge is 2.23. The fourth-order valence-electron chi connectivity index (χ4n) is 3.20. The topological polar surface area (TPSA) is 85.6 Å². The van der Waals surface area contributed by atoms with Gasteiger partial charge < -0.3 is 19.3 Å². The number of carbonyl (C=O) groups excluding carboxylic acids is 1.